The highest BCUT2D eigenvalue weighted by atomic mass is 79.9. The Balaban J connectivity index is 2.46. The maximum atomic E-state index is 13.8. The molecule has 106 valence electrons. The molecule has 0 aliphatic heterocycles. The quantitative estimate of drug-likeness (QED) is 0.865. The predicted octanol–water partition coefficient (Wildman–Crippen LogP) is 4.56. The molecule has 2 rings (SSSR count). The van der Waals surface area contributed by atoms with Gasteiger partial charge >= 0.3 is 0 Å². The Hall–Kier alpha value is -1.10. The fourth-order valence-corrected chi connectivity index (χ4v) is 2.71. The molecule has 2 nitrogen and oxygen atoms in total. The smallest absolute Gasteiger partial charge is 0.165 e. The number of nitrogens with one attached hydrogen (secondary N) is 1. The molecule has 20 heavy (non-hydrogen) atoms. The van der Waals surface area contributed by atoms with E-state index in [4.69, 9.17) is 16.3 Å². The number of methoxy groups -OCH3 is 1. The monoisotopic (exact) mass is 357 g/mol. The average molecular weight is 359 g/mol. The second kappa shape index (κ2) is 6.57. The first kappa shape index (κ1) is 15.3. The summed E-state index contributed by atoms with van der Waals surface area (Å²) in [6.07, 6.45) is 0. The molecule has 0 aliphatic carbocycles. The van der Waals surface area contributed by atoms with Gasteiger partial charge in [0, 0.05) is 9.50 Å². The van der Waals surface area contributed by atoms with Crippen LogP contribution >= 0.6 is 27.5 Å². The third kappa shape index (κ3) is 3.14. The number of hydrogen-bond donors (Lipinski definition) is 1. The first-order chi connectivity index (χ1) is 9.56. The fraction of sp³-hybridized carbons (Fsp3) is 0.200. The van der Waals surface area contributed by atoms with Crippen LogP contribution in [0.4, 0.5) is 4.39 Å². The summed E-state index contributed by atoms with van der Waals surface area (Å²) in [4.78, 5) is 0. The van der Waals surface area contributed by atoms with E-state index in [9.17, 15) is 4.39 Å². The standard InChI is InChI=1S/C15H14BrClFNO/c1-19-15(11-8-10(16)4-5-12(11)17)9-3-6-14(20-2)13(18)7-9/h3-8,15,19H,1-2H3. The lowest BCUT2D eigenvalue weighted by molar-refractivity contribution is 0.386. The minimum atomic E-state index is -0.392. The lowest BCUT2D eigenvalue weighted by Crippen LogP contribution is -2.18. The summed E-state index contributed by atoms with van der Waals surface area (Å²) in [5.74, 6) is -0.166. The minimum absolute atomic E-state index is 0.194. The summed E-state index contributed by atoms with van der Waals surface area (Å²) in [6, 6.07) is 10.3. The summed E-state index contributed by atoms with van der Waals surface area (Å²) in [5, 5.41) is 3.78. The average Bonchev–Trinajstić information content (AvgIpc) is 2.44. The molecule has 0 bridgehead atoms. The second-order valence-electron chi connectivity index (χ2n) is 4.28. The lowest BCUT2D eigenvalue weighted by Gasteiger charge is -2.19. The van der Waals surface area contributed by atoms with E-state index in [1.54, 1.807) is 6.07 Å². The topological polar surface area (TPSA) is 21.3 Å². The van der Waals surface area contributed by atoms with Gasteiger partial charge in [-0.25, -0.2) is 4.39 Å². The molecular formula is C15H14BrClFNO. The normalized spacial score (nSPS) is 12.2. The zero-order valence-corrected chi connectivity index (χ0v) is 13.4. The van der Waals surface area contributed by atoms with Gasteiger partial charge in [-0.2, -0.15) is 0 Å². The van der Waals surface area contributed by atoms with Crippen molar-refractivity contribution in [3.8, 4) is 5.75 Å². The lowest BCUT2D eigenvalue weighted by atomic mass is 9.98. The van der Waals surface area contributed by atoms with Gasteiger partial charge in [0.2, 0.25) is 0 Å². The Kier molecular flexibility index (Phi) is 5.02. The molecule has 0 saturated carbocycles. The van der Waals surface area contributed by atoms with E-state index in [1.165, 1.54) is 13.2 Å². The van der Waals surface area contributed by atoms with Crippen molar-refractivity contribution in [3.05, 3.63) is 62.8 Å². The molecule has 5 heteroatoms. The molecule has 0 spiro atoms. The van der Waals surface area contributed by atoms with E-state index in [0.717, 1.165) is 15.6 Å². The molecule has 0 fully saturated rings. The van der Waals surface area contributed by atoms with Gasteiger partial charge in [-0.05, 0) is 48.5 Å². The van der Waals surface area contributed by atoms with Crippen LogP contribution in [0, 0.1) is 5.82 Å². The summed E-state index contributed by atoms with van der Waals surface area (Å²) in [6.45, 7) is 0. The van der Waals surface area contributed by atoms with Crippen molar-refractivity contribution in [2.75, 3.05) is 14.2 Å². The first-order valence-electron chi connectivity index (χ1n) is 6.02. The van der Waals surface area contributed by atoms with Gasteiger partial charge in [0.25, 0.3) is 0 Å². The Labute approximate surface area is 131 Å². The van der Waals surface area contributed by atoms with Crippen molar-refractivity contribution >= 4 is 27.5 Å². The number of benzene rings is 2. The molecule has 0 amide bonds. The van der Waals surface area contributed by atoms with E-state index in [-0.39, 0.29) is 11.8 Å². The van der Waals surface area contributed by atoms with Gasteiger partial charge in [-0.1, -0.05) is 33.6 Å². The highest BCUT2D eigenvalue weighted by Crippen LogP contribution is 2.32. The maximum absolute atomic E-state index is 13.8. The van der Waals surface area contributed by atoms with Gasteiger partial charge in [0.05, 0.1) is 13.2 Å². The predicted molar refractivity (Wildman–Crippen MR) is 83.0 cm³/mol. The van der Waals surface area contributed by atoms with Crippen molar-refractivity contribution in [2.45, 2.75) is 6.04 Å². The Morgan fingerprint density at radius 2 is 2.00 bits per heavy atom. The third-order valence-corrected chi connectivity index (χ3v) is 3.90. The third-order valence-electron chi connectivity index (χ3n) is 3.07. The van der Waals surface area contributed by atoms with Gasteiger partial charge in [-0.3, -0.25) is 0 Å². The van der Waals surface area contributed by atoms with Crippen LogP contribution in [0.3, 0.4) is 0 Å². The highest BCUT2D eigenvalue weighted by molar-refractivity contribution is 9.10. The summed E-state index contributed by atoms with van der Waals surface area (Å²) in [5.41, 5.74) is 1.67. The molecule has 1 unspecified atom stereocenters. The molecule has 2 aromatic carbocycles. The molecule has 0 heterocycles. The van der Waals surface area contributed by atoms with Gasteiger partial charge in [-0.15, -0.1) is 0 Å². The molecular weight excluding hydrogens is 345 g/mol. The number of halogens is 3. The Morgan fingerprint density at radius 3 is 2.60 bits per heavy atom. The molecule has 1 atom stereocenters. The van der Waals surface area contributed by atoms with E-state index < -0.39 is 5.82 Å². The van der Waals surface area contributed by atoms with E-state index in [1.807, 2.05) is 31.3 Å². The maximum Gasteiger partial charge on any atom is 0.165 e. The highest BCUT2D eigenvalue weighted by Gasteiger charge is 2.17. The fourth-order valence-electron chi connectivity index (χ4n) is 2.10. The van der Waals surface area contributed by atoms with Crippen LogP contribution in [0.2, 0.25) is 5.02 Å². The second-order valence-corrected chi connectivity index (χ2v) is 5.60. The van der Waals surface area contributed by atoms with Crippen LogP contribution < -0.4 is 10.1 Å². The van der Waals surface area contributed by atoms with Crippen molar-refractivity contribution < 1.29 is 9.13 Å². The van der Waals surface area contributed by atoms with Gasteiger partial charge in [0.15, 0.2) is 11.6 Å². The van der Waals surface area contributed by atoms with Crippen molar-refractivity contribution in [2.24, 2.45) is 0 Å². The van der Waals surface area contributed by atoms with E-state index in [0.29, 0.717) is 5.02 Å². The first-order valence-corrected chi connectivity index (χ1v) is 7.19. The van der Waals surface area contributed by atoms with Crippen LogP contribution in [0.1, 0.15) is 17.2 Å². The van der Waals surface area contributed by atoms with E-state index >= 15 is 0 Å². The van der Waals surface area contributed by atoms with Crippen molar-refractivity contribution in [1.82, 2.24) is 5.32 Å². The van der Waals surface area contributed by atoms with Crippen molar-refractivity contribution in [1.29, 1.82) is 0 Å². The number of hydrogen-bond acceptors (Lipinski definition) is 2. The minimum Gasteiger partial charge on any atom is -0.494 e. The Bertz CT molecular complexity index is 621. The molecule has 2 aromatic rings. The summed E-state index contributed by atoms with van der Waals surface area (Å²) in [7, 11) is 3.25. The zero-order chi connectivity index (χ0) is 14.7. The molecule has 0 saturated heterocycles. The van der Waals surface area contributed by atoms with Crippen molar-refractivity contribution in [3.63, 3.8) is 0 Å². The van der Waals surface area contributed by atoms with Crippen LogP contribution in [0.5, 0.6) is 5.75 Å². The summed E-state index contributed by atoms with van der Waals surface area (Å²) >= 11 is 9.66. The molecule has 0 radical (unpaired) electrons. The molecule has 0 aromatic heterocycles. The molecule has 1 N–H and O–H groups in total. The van der Waals surface area contributed by atoms with Crippen LogP contribution in [0.25, 0.3) is 0 Å². The number of ether oxygens (including phenoxy) is 1. The molecule has 0 aliphatic rings. The zero-order valence-electron chi connectivity index (χ0n) is 11.1. The number of rotatable bonds is 4. The Morgan fingerprint density at radius 1 is 1.25 bits per heavy atom. The van der Waals surface area contributed by atoms with Crippen LogP contribution in [-0.2, 0) is 0 Å². The van der Waals surface area contributed by atoms with Gasteiger partial charge < -0.3 is 10.1 Å². The SMILES string of the molecule is CNC(c1ccc(OC)c(F)c1)c1cc(Br)ccc1Cl. The van der Waals surface area contributed by atoms with Crippen LogP contribution in [0.15, 0.2) is 40.9 Å². The van der Waals surface area contributed by atoms with Gasteiger partial charge in [0.1, 0.15) is 0 Å². The summed E-state index contributed by atoms with van der Waals surface area (Å²) < 4.78 is 19.7. The van der Waals surface area contributed by atoms with Crippen LogP contribution in [-0.4, -0.2) is 14.2 Å². The van der Waals surface area contributed by atoms with E-state index in [2.05, 4.69) is 21.2 Å². The largest absolute Gasteiger partial charge is 0.494 e.